The van der Waals surface area contributed by atoms with Gasteiger partial charge in [-0.15, -0.1) is 0 Å². The van der Waals surface area contributed by atoms with Gasteiger partial charge in [-0.05, 0) is 24.1 Å². The molecule has 0 aromatic heterocycles. The van der Waals surface area contributed by atoms with E-state index in [9.17, 15) is 0 Å². The Morgan fingerprint density at radius 2 is 1.80 bits per heavy atom. The Balaban J connectivity index is 2.48. The summed E-state index contributed by atoms with van der Waals surface area (Å²) in [4.78, 5) is 0. The fourth-order valence-electron chi connectivity index (χ4n) is 1.13. The number of hydrogen-bond donors (Lipinski definition) is 2. The smallest absolute Gasteiger partial charge is 0.119 e. The second-order valence-corrected chi connectivity index (χ2v) is 3.06. The molecule has 0 aliphatic carbocycles. The molecule has 2 N–H and O–H groups in total. The van der Waals surface area contributed by atoms with Crippen LogP contribution in [0.3, 0.4) is 0 Å². The molecule has 3 heteroatoms. The average Bonchev–Trinajstić information content (AvgIpc) is 2.28. The molecule has 0 saturated heterocycles. The van der Waals surface area contributed by atoms with Crippen LogP contribution in [0, 0.1) is 0 Å². The van der Waals surface area contributed by atoms with E-state index >= 15 is 0 Å². The molecule has 0 saturated carbocycles. The lowest BCUT2D eigenvalue weighted by molar-refractivity contribution is 0.201. The highest BCUT2D eigenvalue weighted by Crippen LogP contribution is 2.13. The van der Waals surface area contributed by atoms with Gasteiger partial charge in [-0.2, -0.15) is 0 Å². The number of hydrogen-bond acceptors (Lipinski definition) is 3. The van der Waals surface area contributed by atoms with Gasteiger partial charge in [-0.3, -0.25) is 0 Å². The first-order chi connectivity index (χ1) is 7.36. The normalized spacial score (nSPS) is 10.8. The van der Waals surface area contributed by atoms with E-state index < -0.39 is 0 Å². The van der Waals surface area contributed by atoms with Crippen molar-refractivity contribution in [2.75, 3.05) is 19.8 Å². The van der Waals surface area contributed by atoms with E-state index in [0.717, 1.165) is 11.3 Å². The molecule has 15 heavy (non-hydrogen) atoms. The number of benzene rings is 1. The predicted octanol–water partition coefficient (Wildman–Crippen LogP) is 1.45. The number of rotatable bonds is 6. The van der Waals surface area contributed by atoms with E-state index in [1.807, 2.05) is 36.4 Å². The van der Waals surface area contributed by atoms with Crippen molar-refractivity contribution in [3.63, 3.8) is 0 Å². The molecule has 1 aromatic rings. The van der Waals surface area contributed by atoms with E-state index in [0.29, 0.717) is 13.0 Å². The minimum Gasteiger partial charge on any atom is -0.491 e. The van der Waals surface area contributed by atoms with Crippen LogP contribution in [0.5, 0.6) is 5.75 Å². The van der Waals surface area contributed by atoms with Crippen LogP contribution in [0.25, 0.3) is 6.08 Å². The lowest BCUT2D eigenvalue weighted by Gasteiger charge is -2.03. The van der Waals surface area contributed by atoms with Crippen molar-refractivity contribution in [1.82, 2.24) is 0 Å². The van der Waals surface area contributed by atoms with Crippen molar-refractivity contribution in [1.29, 1.82) is 0 Å². The monoisotopic (exact) mass is 208 g/mol. The van der Waals surface area contributed by atoms with Crippen LogP contribution in [0.15, 0.2) is 30.3 Å². The maximum absolute atomic E-state index is 8.59. The Bertz CT molecular complexity index is 290. The van der Waals surface area contributed by atoms with Crippen molar-refractivity contribution in [2.45, 2.75) is 6.42 Å². The molecule has 0 heterocycles. The largest absolute Gasteiger partial charge is 0.491 e. The molecular weight excluding hydrogens is 192 g/mol. The zero-order chi connectivity index (χ0) is 10.9. The molecule has 0 amide bonds. The SMILES string of the molecule is OCCC=Cc1ccc(OCCO)cc1. The first-order valence-electron chi connectivity index (χ1n) is 4.98. The topological polar surface area (TPSA) is 49.7 Å². The summed E-state index contributed by atoms with van der Waals surface area (Å²) in [5, 5.41) is 17.2. The summed E-state index contributed by atoms with van der Waals surface area (Å²) in [6.07, 6.45) is 4.54. The maximum Gasteiger partial charge on any atom is 0.119 e. The predicted molar refractivity (Wildman–Crippen MR) is 59.8 cm³/mol. The molecule has 0 spiro atoms. The molecule has 1 rings (SSSR count). The average molecular weight is 208 g/mol. The molecule has 0 fully saturated rings. The first kappa shape index (κ1) is 11.8. The van der Waals surface area contributed by atoms with Crippen LogP contribution in [-0.2, 0) is 0 Å². The van der Waals surface area contributed by atoms with E-state index in [1.54, 1.807) is 0 Å². The Kier molecular flexibility index (Phi) is 5.51. The number of aliphatic hydroxyl groups excluding tert-OH is 2. The Labute approximate surface area is 89.6 Å². The van der Waals surface area contributed by atoms with Crippen LogP contribution in [0.2, 0.25) is 0 Å². The molecule has 82 valence electrons. The highest BCUT2D eigenvalue weighted by atomic mass is 16.5. The van der Waals surface area contributed by atoms with Gasteiger partial charge < -0.3 is 14.9 Å². The lowest BCUT2D eigenvalue weighted by Crippen LogP contribution is -2.01. The van der Waals surface area contributed by atoms with Gasteiger partial charge in [0.1, 0.15) is 12.4 Å². The van der Waals surface area contributed by atoms with Gasteiger partial charge in [-0.1, -0.05) is 24.3 Å². The molecule has 0 atom stereocenters. The van der Waals surface area contributed by atoms with Crippen LogP contribution >= 0.6 is 0 Å². The van der Waals surface area contributed by atoms with Crippen LogP contribution in [0.1, 0.15) is 12.0 Å². The summed E-state index contributed by atoms with van der Waals surface area (Å²) in [7, 11) is 0. The van der Waals surface area contributed by atoms with Gasteiger partial charge in [0.25, 0.3) is 0 Å². The summed E-state index contributed by atoms with van der Waals surface area (Å²) in [5.74, 6) is 0.753. The van der Waals surface area contributed by atoms with Gasteiger partial charge in [0.2, 0.25) is 0 Å². The zero-order valence-electron chi connectivity index (χ0n) is 8.60. The molecule has 0 bridgehead atoms. The van der Waals surface area contributed by atoms with Gasteiger partial charge in [0.05, 0.1) is 6.61 Å². The molecule has 1 aromatic carbocycles. The fourth-order valence-corrected chi connectivity index (χ4v) is 1.13. The highest BCUT2D eigenvalue weighted by molar-refractivity contribution is 5.50. The number of aliphatic hydroxyl groups is 2. The zero-order valence-corrected chi connectivity index (χ0v) is 8.60. The van der Waals surface area contributed by atoms with E-state index in [2.05, 4.69) is 0 Å². The van der Waals surface area contributed by atoms with E-state index in [4.69, 9.17) is 14.9 Å². The molecular formula is C12H16O3. The van der Waals surface area contributed by atoms with Crippen molar-refractivity contribution < 1.29 is 14.9 Å². The van der Waals surface area contributed by atoms with Crippen LogP contribution in [-0.4, -0.2) is 30.0 Å². The minimum atomic E-state index is 0.0259. The highest BCUT2D eigenvalue weighted by Gasteiger charge is 1.92. The molecule has 0 aliphatic heterocycles. The van der Waals surface area contributed by atoms with Gasteiger partial charge in [-0.25, -0.2) is 0 Å². The summed E-state index contributed by atoms with van der Waals surface area (Å²) >= 11 is 0. The summed E-state index contributed by atoms with van der Waals surface area (Å²) < 4.78 is 5.22. The molecule has 3 nitrogen and oxygen atoms in total. The third kappa shape index (κ3) is 4.63. The van der Waals surface area contributed by atoms with Crippen LogP contribution < -0.4 is 4.74 Å². The van der Waals surface area contributed by atoms with Crippen molar-refractivity contribution >= 4 is 6.08 Å². The molecule has 0 unspecified atom stereocenters. The second kappa shape index (κ2) is 7.04. The lowest BCUT2D eigenvalue weighted by atomic mass is 10.2. The van der Waals surface area contributed by atoms with Gasteiger partial charge in [0, 0.05) is 6.61 Å². The number of ether oxygens (including phenoxy) is 1. The third-order valence-corrected chi connectivity index (χ3v) is 1.85. The summed E-state index contributed by atoms with van der Waals surface area (Å²) in [6, 6.07) is 7.57. The van der Waals surface area contributed by atoms with Crippen molar-refractivity contribution in [2.24, 2.45) is 0 Å². The molecule has 0 aliphatic rings. The van der Waals surface area contributed by atoms with Crippen molar-refractivity contribution in [3.05, 3.63) is 35.9 Å². The standard InChI is InChI=1S/C12H16O3/c13-8-2-1-3-11-4-6-12(7-5-11)15-10-9-14/h1,3-7,13-14H,2,8-10H2. The summed E-state index contributed by atoms with van der Waals surface area (Å²) in [5.41, 5.74) is 1.07. The van der Waals surface area contributed by atoms with E-state index in [1.165, 1.54) is 0 Å². The quantitative estimate of drug-likeness (QED) is 0.744. The van der Waals surface area contributed by atoms with Gasteiger partial charge in [0.15, 0.2) is 0 Å². The summed E-state index contributed by atoms with van der Waals surface area (Å²) in [6.45, 7) is 0.520. The maximum atomic E-state index is 8.59. The van der Waals surface area contributed by atoms with Gasteiger partial charge >= 0.3 is 0 Å². The Morgan fingerprint density at radius 1 is 1.07 bits per heavy atom. The first-order valence-corrected chi connectivity index (χ1v) is 4.98. The second-order valence-electron chi connectivity index (χ2n) is 3.06. The van der Waals surface area contributed by atoms with E-state index in [-0.39, 0.29) is 13.2 Å². The van der Waals surface area contributed by atoms with Crippen molar-refractivity contribution in [3.8, 4) is 5.75 Å². The Morgan fingerprint density at radius 3 is 2.40 bits per heavy atom. The molecule has 0 radical (unpaired) electrons. The fraction of sp³-hybridized carbons (Fsp3) is 0.333. The third-order valence-electron chi connectivity index (χ3n) is 1.85. The Hall–Kier alpha value is -1.32. The van der Waals surface area contributed by atoms with Crippen LogP contribution in [0.4, 0.5) is 0 Å². The minimum absolute atomic E-state index is 0.0259.